The summed E-state index contributed by atoms with van der Waals surface area (Å²) in [6.07, 6.45) is 8.95. The maximum absolute atomic E-state index is 5.90. The summed E-state index contributed by atoms with van der Waals surface area (Å²) in [5.41, 5.74) is 1.17. The van der Waals surface area contributed by atoms with Crippen molar-refractivity contribution >= 4 is 0 Å². The maximum atomic E-state index is 5.90. The SMILES string of the molecule is CC(C)CNCc1ncoc1C1C2CC3CC(C2)CC1C3. The molecule has 5 rings (SSSR count). The second-order valence-electron chi connectivity index (χ2n) is 8.14. The molecule has 0 aliphatic heterocycles. The fraction of sp³-hybridized carbons (Fsp3) is 0.833. The van der Waals surface area contributed by atoms with E-state index in [0.29, 0.717) is 11.8 Å². The van der Waals surface area contributed by atoms with E-state index < -0.39 is 0 Å². The second kappa shape index (κ2) is 5.42. The smallest absolute Gasteiger partial charge is 0.181 e. The number of hydrogen-bond acceptors (Lipinski definition) is 3. The highest BCUT2D eigenvalue weighted by atomic mass is 16.3. The molecule has 1 N–H and O–H groups in total. The van der Waals surface area contributed by atoms with Gasteiger partial charge in [-0.2, -0.15) is 0 Å². The van der Waals surface area contributed by atoms with Crippen LogP contribution in [0.4, 0.5) is 0 Å². The van der Waals surface area contributed by atoms with Gasteiger partial charge in [-0.05, 0) is 68.2 Å². The number of hydrogen-bond donors (Lipinski definition) is 1. The molecule has 0 unspecified atom stereocenters. The van der Waals surface area contributed by atoms with Crippen LogP contribution in [0, 0.1) is 29.6 Å². The summed E-state index contributed by atoms with van der Waals surface area (Å²) < 4.78 is 5.90. The third kappa shape index (κ3) is 2.54. The molecule has 3 heteroatoms. The molecule has 1 aromatic heterocycles. The zero-order valence-corrected chi connectivity index (χ0v) is 13.3. The van der Waals surface area contributed by atoms with Crippen molar-refractivity contribution in [2.24, 2.45) is 29.6 Å². The van der Waals surface area contributed by atoms with Crippen LogP contribution >= 0.6 is 0 Å². The van der Waals surface area contributed by atoms with E-state index in [-0.39, 0.29) is 0 Å². The van der Waals surface area contributed by atoms with Crippen LogP contribution in [0.1, 0.15) is 63.3 Å². The van der Waals surface area contributed by atoms with Crippen molar-refractivity contribution in [1.29, 1.82) is 0 Å². The summed E-state index contributed by atoms with van der Waals surface area (Å²) in [5.74, 6) is 6.36. The lowest BCUT2D eigenvalue weighted by Crippen LogP contribution is -2.44. The van der Waals surface area contributed by atoms with Gasteiger partial charge in [0.15, 0.2) is 6.39 Å². The minimum atomic E-state index is 0.663. The molecule has 4 saturated carbocycles. The molecular weight excluding hydrogens is 260 g/mol. The Morgan fingerprint density at radius 2 is 1.81 bits per heavy atom. The van der Waals surface area contributed by atoms with Crippen LogP contribution in [0.5, 0.6) is 0 Å². The lowest BCUT2D eigenvalue weighted by molar-refractivity contribution is -0.0100. The Hall–Kier alpha value is -0.830. The van der Waals surface area contributed by atoms with Gasteiger partial charge < -0.3 is 9.73 Å². The van der Waals surface area contributed by atoms with E-state index in [1.807, 2.05) is 0 Å². The average molecular weight is 288 g/mol. The fourth-order valence-corrected chi connectivity index (χ4v) is 5.51. The summed E-state index contributed by atoms with van der Waals surface area (Å²) in [4.78, 5) is 4.52. The molecule has 116 valence electrons. The molecule has 1 heterocycles. The summed E-state index contributed by atoms with van der Waals surface area (Å²) in [5, 5.41) is 3.53. The van der Waals surface area contributed by atoms with Gasteiger partial charge in [0, 0.05) is 12.5 Å². The molecule has 0 spiro atoms. The van der Waals surface area contributed by atoms with Crippen LogP contribution < -0.4 is 5.32 Å². The number of oxazole rings is 1. The first-order valence-corrected chi connectivity index (χ1v) is 8.83. The Bertz CT molecular complexity index is 465. The number of nitrogens with zero attached hydrogens (tertiary/aromatic N) is 1. The minimum Gasteiger partial charge on any atom is -0.448 e. The molecule has 4 fully saturated rings. The Labute approximate surface area is 127 Å². The number of aromatic nitrogens is 1. The quantitative estimate of drug-likeness (QED) is 0.891. The first-order valence-electron chi connectivity index (χ1n) is 8.83. The van der Waals surface area contributed by atoms with Gasteiger partial charge in [0.25, 0.3) is 0 Å². The van der Waals surface area contributed by atoms with E-state index in [4.69, 9.17) is 4.42 Å². The second-order valence-corrected chi connectivity index (χ2v) is 8.14. The molecule has 0 atom stereocenters. The summed E-state index contributed by atoms with van der Waals surface area (Å²) in [6, 6.07) is 0. The summed E-state index contributed by atoms with van der Waals surface area (Å²) in [6.45, 7) is 6.41. The minimum absolute atomic E-state index is 0.663. The predicted molar refractivity (Wildman–Crippen MR) is 82.8 cm³/mol. The van der Waals surface area contributed by atoms with Crippen LogP contribution in [-0.4, -0.2) is 11.5 Å². The standard InChI is InChI=1S/C18H28N2O/c1-11(2)8-19-9-16-18(21-10-20-16)17-14-4-12-3-13(6-14)7-15(17)5-12/h10-15,17,19H,3-9H2,1-2H3. The van der Waals surface area contributed by atoms with Crippen LogP contribution in [0.2, 0.25) is 0 Å². The molecule has 4 aliphatic carbocycles. The van der Waals surface area contributed by atoms with E-state index in [2.05, 4.69) is 24.1 Å². The van der Waals surface area contributed by atoms with Gasteiger partial charge in [-0.15, -0.1) is 0 Å². The maximum Gasteiger partial charge on any atom is 0.181 e. The predicted octanol–water partition coefficient (Wildman–Crippen LogP) is 3.96. The van der Waals surface area contributed by atoms with Crippen LogP contribution in [-0.2, 0) is 6.54 Å². The van der Waals surface area contributed by atoms with E-state index in [1.165, 1.54) is 43.6 Å². The third-order valence-corrected chi connectivity index (χ3v) is 6.05. The molecule has 1 aromatic rings. The van der Waals surface area contributed by atoms with Crippen molar-refractivity contribution in [3.63, 3.8) is 0 Å². The lowest BCUT2D eigenvalue weighted by Gasteiger charge is -2.53. The van der Waals surface area contributed by atoms with Gasteiger partial charge in [-0.3, -0.25) is 0 Å². The van der Waals surface area contributed by atoms with Gasteiger partial charge in [0.1, 0.15) is 5.76 Å². The van der Waals surface area contributed by atoms with Crippen molar-refractivity contribution in [3.8, 4) is 0 Å². The summed E-state index contributed by atoms with van der Waals surface area (Å²) >= 11 is 0. The van der Waals surface area contributed by atoms with Crippen molar-refractivity contribution in [3.05, 3.63) is 17.8 Å². The van der Waals surface area contributed by atoms with E-state index in [9.17, 15) is 0 Å². The van der Waals surface area contributed by atoms with Crippen molar-refractivity contribution < 1.29 is 4.42 Å². The normalized spacial score (nSPS) is 37.6. The molecule has 0 amide bonds. The number of nitrogens with one attached hydrogen (secondary N) is 1. The highest BCUT2D eigenvalue weighted by molar-refractivity contribution is 5.19. The Kier molecular flexibility index (Phi) is 3.56. The molecule has 0 aromatic carbocycles. The van der Waals surface area contributed by atoms with Gasteiger partial charge in [-0.25, -0.2) is 4.98 Å². The zero-order chi connectivity index (χ0) is 14.4. The molecule has 0 radical (unpaired) electrons. The first kappa shape index (κ1) is 13.8. The van der Waals surface area contributed by atoms with E-state index in [1.54, 1.807) is 6.39 Å². The molecule has 4 bridgehead atoms. The monoisotopic (exact) mass is 288 g/mol. The molecule has 21 heavy (non-hydrogen) atoms. The lowest BCUT2D eigenvalue weighted by atomic mass is 9.51. The topological polar surface area (TPSA) is 38.1 Å². The molecular formula is C18H28N2O. The van der Waals surface area contributed by atoms with E-state index in [0.717, 1.165) is 36.8 Å². The first-order chi connectivity index (χ1) is 10.2. The van der Waals surface area contributed by atoms with Crippen LogP contribution in [0.15, 0.2) is 10.8 Å². The third-order valence-electron chi connectivity index (χ3n) is 6.05. The van der Waals surface area contributed by atoms with Crippen LogP contribution in [0.3, 0.4) is 0 Å². The van der Waals surface area contributed by atoms with Gasteiger partial charge >= 0.3 is 0 Å². The fourth-order valence-electron chi connectivity index (χ4n) is 5.51. The molecule has 4 aliphatic rings. The Balaban J connectivity index is 1.50. The van der Waals surface area contributed by atoms with Gasteiger partial charge in [0.05, 0.1) is 5.69 Å². The van der Waals surface area contributed by atoms with E-state index >= 15 is 0 Å². The Morgan fingerprint density at radius 3 is 2.43 bits per heavy atom. The molecule has 3 nitrogen and oxygen atoms in total. The number of rotatable bonds is 5. The van der Waals surface area contributed by atoms with Gasteiger partial charge in [-0.1, -0.05) is 13.8 Å². The van der Waals surface area contributed by atoms with Gasteiger partial charge in [0.2, 0.25) is 0 Å². The van der Waals surface area contributed by atoms with Crippen LogP contribution in [0.25, 0.3) is 0 Å². The Morgan fingerprint density at radius 1 is 1.14 bits per heavy atom. The highest BCUT2D eigenvalue weighted by Crippen LogP contribution is 2.60. The van der Waals surface area contributed by atoms with Crippen molar-refractivity contribution in [2.45, 2.75) is 58.4 Å². The van der Waals surface area contributed by atoms with Crippen molar-refractivity contribution in [1.82, 2.24) is 10.3 Å². The highest BCUT2D eigenvalue weighted by Gasteiger charge is 2.50. The average Bonchev–Trinajstić information content (AvgIpc) is 2.85. The largest absolute Gasteiger partial charge is 0.448 e. The summed E-state index contributed by atoms with van der Waals surface area (Å²) in [7, 11) is 0. The molecule has 0 saturated heterocycles. The van der Waals surface area contributed by atoms with Crippen molar-refractivity contribution in [2.75, 3.05) is 6.54 Å². The zero-order valence-electron chi connectivity index (χ0n) is 13.3.